The van der Waals surface area contributed by atoms with Crippen molar-refractivity contribution >= 4 is 17.4 Å². The average molecular weight is 241 g/mol. The minimum Gasteiger partial charge on any atom is -0.494 e. The van der Waals surface area contributed by atoms with E-state index < -0.39 is 0 Å². The van der Waals surface area contributed by atoms with Gasteiger partial charge in [-0.15, -0.1) is 11.6 Å². The van der Waals surface area contributed by atoms with Crippen LogP contribution in [0.15, 0.2) is 18.2 Å². The molecule has 1 aromatic carbocycles. The molecule has 0 saturated heterocycles. The maximum Gasteiger partial charge on any atom is 0.177 e. The van der Waals surface area contributed by atoms with Gasteiger partial charge in [-0.05, 0) is 36.6 Å². The zero-order chi connectivity index (χ0) is 12.1. The van der Waals surface area contributed by atoms with Crippen LogP contribution in [-0.4, -0.2) is 18.3 Å². The minimum atomic E-state index is -0.0494. The molecular weight excluding hydrogens is 224 g/mol. The van der Waals surface area contributed by atoms with Gasteiger partial charge in [-0.3, -0.25) is 4.79 Å². The molecule has 0 radical (unpaired) electrons. The highest BCUT2D eigenvalue weighted by atomic mass is 35.5. The predicted octanol–water partition coefficient (Wildman–Crippen LogP) is 3.63. The van der Waals surface area contributed by atoms with Crippen molar-refractivity contribution in [3.63, 3.8) is 0 Å². The molecule has 0 unspecified atom stereocenters. The van der Waals surface area contributed by atoms with Gasteiger partial charge in [-0.1, -0.05) is 13.8 Å². The topological polar surface area (TPSA) is 26.3 Å². The maximum atomic E-state index is 11.5. The fraction of sp³-hybridized carbons (Fsp3) is 0.462. The van der Waals surface area contributed by atoms with Crippen LogP contribution in [0.4, 0.5) is 0 Å². The van der Waals surface area contributed by atoms with Crippen molar-refractivity contribution < 1.29 is 9.53 Å². The van der Waals surface area contributed by atoms with Gasteiger partial charge in [0.2, 0.25) is 0 Å². The molecule has 0 fully saturated rings. The molecule has 0 saturated carbocycles. The van der Waals surface area contributed by atoms with E-state index in [1.54, 1.807) is 6.07 Å². The zero-order valence-corrected chi connectivity index (χ0v) is 10.7. The first-order valence-electron chi connectivity index (χ1n) is 5.46. The van der Waals surface area contributed by atoms with Crippen molar-refractivity contribution in [2.75, 3.05) is 12.5 Å². The lowest BCUT2D eigenvalue weighted by molar-refractivity contribution is 0.102. The molecule has 0 N–H and O–H groups in total. The molecule has 0 spiro atoms. The largest absolute Gasteiger partial charge is 0.494 e. The Hall–Kier alpha value is -1.02. The molecule has 0 amide bonds. The normalized spacial score (nSPS) is 10.6. The van der Waals surface area contributed by atoms with Crippen LogP contribution >= 0.6 is 11.6 Å². The van der Waals surface area contributed by atoms with Crippen molar-refractivity contribution in [3.05, 3.63) is 29.3 Å². The number of ketones is 1. The van der Waals surface area contributed by atoms with Crippen molar-refractivity contribution in [1.29, 1.82) is 0 Å². The van der Waals surface area contributed by atoms with E-state index in [2.05, 4.69) is 13.8 Å². The summed E-state index contributed by atoms with van der Waals surface area (Å²) in [4.78, 5) is 11.5. The van der Waals surface area contributed by atoms with E-state index in [0.717, 1.165) is 11.3 Å². The zero-order valence-electron chi connectivity index (χ0n) is 9.92. The first kappa shape index (κ1) is 13.0. The highest BCUT2D eigenvalue weighted by Gasteiger charge is 2.12. The van der Waals surface area contributed by atoms with Crippen molar-refractivity contribution in [3.8, 4) is 5.75 Å². The molecule has 0 heterocycles. The molecule has 2 nitrogen and oxygen atoms in total. The lowest BCUT2D eigenvalue weighted by atomic mass is 9.98. The van der Waals surface area contributed by atoms with Crippen molar-refractivity contribution in [2.24, 2.45) is 0 Å². The third-order valence-electron chi connectivity index (χ3n) is 2.37. The second kappa shape index (κ2) is 5.90. The number of hydrogen-bond acceptors (Lipinski definition) is 2. The molecule has 16 heavy (non-hydrogen) atoms. The Morgan fingerprint density at radius 1 is 1.44 bits per heavy atom. The van der Waals surface area contributed by atoms with Crippen LogP contribution in [0.3, 0.4) is 0 Å². The highest BCUT2D eigenvalue weighted by Crippen LogP contribution is 2.27. The first-order valence-corrected chi connectivity index (χ1v) is 5.99. The molecule has 1 rings (SSSR count). The van der Waals surface area contributed by atoms with Gasteiger partial charge in [-0.2, -0.15) is 0 Å². The Morgan fingerprint density at radius 2 is 2.12 bits per heavy atom. The summed E-state index contributed by atoms with van der Waals surface area (Å²) < 4.78 is 5.52. The van der Waals surface area contributed by atoms with Gasteiger partial charge in [0.15, 0.2) is 5.78 Å². The van der Waals surface area contributed by atoms with E-state index in [1.165, 1.54) is 0 Å². The Bertz CT molecular complexity index is 372. The Morgan fingerprint density at radius 3 is 2.62 bits per heavy atom. The van der Waals surface area contributed by atoms with Gasteiger partial charge in [0, 0.05) is 5.56 Å². The van der Waals surface area contributed by atoms with Crippen LogP contribution in [0, 0.1) is 0 Å². The molecule has 0 aliphatic heterocycles. The van der Waals surface area contributed by atoms with Crippen LogP contribution in [0.2, 0.25) is 0 Å². The molecule has 3 heteroatoms. The quantitative estimate of drug-likeness (QED) is 0.580. The molecule has 0 aliphatic carbocycles. The lowest BCUT2D eigenvalue weighted by Crippen LogP contribution is -2.04. The summed E-state index contributed by atoms with van der Waals surface area (Å²) >= 11 is 5.54. The fourth-order valence-corrected chi connectivity index (χ4v) is 1.69. The summed E-state index contributed by atoms with van der Waals surface area (Å²) in [6, 6.07) is 5.49. The summed E-state index contributed by atoms with van der Waals surface area (Å²) in [5.41, 5.74) is 1.71. The van der Waals surface area contributed by atoms with Gasteiger partial charge >= 0.3 is 0 Å². The maximum absolute atomic E-state index is 11.5. The summed E-state index contributed by atoms with van der Waals surface area (Å²) in [5, 5.41) is 0. The summed E-state index contributed by atoms with van der Waals surface area (Å²) in [7, 11) is 0. The van der Waals surface area contributed by atoms with E-state index in [4.69, 9.17) is 16.3 Å². The SMILES string of the molecule is CCOc1ccc(C(=O)CCl)cc1C(C)C. The number of hydrogen-bond donors (Lipinski definition) is 0. The number of benzene rings is 1. The monoisotopic (exact) mass is 240 g/mol. The fourth-order valence-electron chi connectivity index (χ4n) is 1.54. The predicted molar refractivity (Wildman–Crippen MR) is 66.8 cm³/mol. The van der Waals surface area contributed by atoms with E-state index in [-0.39, 0.29) is 11.7 Å². The van der Waals surface area contributed by atoms with Gasteiger partial charge in [0.1, 0.15) is 5.75 Å². The molecule has 0 bridgehead atoms. The van der Waals surface area contributed by atoms with E-state index in [0.29, 0.717) is 18.1 Å². The van der Waals surface area contributed by atoms with Crippen molar-refractivity contribution in [1.82, 2.24) is 0 Å². The van der Waals surface area contributed by atoms with Crippen molar-refractivity contribution in [2.45, 2.75) is 26.7 Å². The van der Waals surface area contributed by atoms with Gasteiger partial charge in [0.05, 0.1) is 12.5 Å². The number of rotatable bonds is 5. The number of carbonyl (C=O) groups is 1. The second-order valence-corrected chi connectivity index (χ2v) is 4.16. The Labute approximate surface area is 102 Å². The summed E-state index contributed by atoms with van der Waals surface area (Å²) in [6.07, 6.45) is 0. The van der Waals surface area contributed by atoms with E-state index in [1.807, 2.05) is 19.1 Å². The molecular formula is C13H17ClO2. The average Bonchev–Trinajstić information content (AvgIpc) is 2.28. The van der Waals surface area contributed by atoms with Crippen LogP contribution < -0.4 is 4.74 Å². The standard InChI is InChI=1S/C13H17ClO2/c1-4-16-13-6-5-10(12(15)8-14)7-11(13)9(2)3/h5-7,9H,4,8H2,1-3H3. The minimum absolute atomic E-state index is 0.0194. The highest BCUT2D eigenvalue weighted by molar-refractivity contribution is 6.30. The number of ether oxygens (including phenoxy) is 1. The summed E-state index contributed by atoms with van der Waals surface area (Å²) in [6.45, 7) is 6.73. The lowest BCUT2D eigenvalue weighted by Gasteiger charge is -2.14. The Kier molecular flexibility index (Phi) is 4.81. The molecule has 0 atom stereocenters. The number of halogens is 1. The molecule has 0 aromatic heterocycles. The molecule has 88 valence electrons. The third kappa shape index (κ3) is 2.99. The number of carbonyl (C=O) groups excluding carboxylic acids is 1. The van der Waals surface area contributed by atoms with E-state index >= 15 is 0 Å². The van der Waals surface area contributed by atoms with Crippen LogP contribution in [0.1, 0.15) is 42.6 Å². The second-order valence-electron chi connectivity index (χ2n) is 3.90. The number of Topliss-reactive ketones (excluding diaryl/α,β-unsaturated/α-hetero) is 1. The van der Waals surface area contributed by atoms with Gasteiger partial charge in [0.25, 0.3) is 0 Å². The molecule has 0 aliphatic rings. The van der Waals surface area contributed by atoms with Crippen LogP contribution in [-0.2, 0) is 0 Å². The third-order valence-corrected chi connectivity index (χ3v) is 2.62. The first-order chi connectivity index (χ1) is 7.60. The van der Waals surface area contributed by atoms with Gasteiger partial charge in [-0.25, -0.2) is 0 Å². The summed E-state index contributed by atoms with van der Waals surface area (Å²) in [5.74, 6) is 1.14. The smallest absolute Gasteiger partial charge is 0.177 e. The van der Waals surface area contributed by atoms with Crippen LogP contribution in [0.25, 0.3) is 0 Å². The van der Waals surface area contributed by atoms with E-state index in [9.17, 15) is 4.79 Å². The number of alkyl halides is 1. The Balaban J connectivity index is 3.12. The molecule has 1 aromatic rings. The van der Waals surface area contributed by atoms with Gasteiger partial charge < -0.3 is 4.74 Å². The van der Waals surface area contributed by atoms with Crippen LogP contribution in [0.5, 0.6) is 5.75 Å².